The summed E-state index contributed by atoms with van der Waals surface area (Å²) in [5.74, 6) is 0. The molecule has 86 heavy (non-hydrogen) atoms. The summed E-state index contributed by atoms with van der Waals surface area (Å²) in [4.78, 5) is 51.2. The van der Waals surface area contributed by atoms with Gasteiger partial charge in [0.15, 0.2) is 0 Å². The number of fused-ring (bicyclic) bond motifs is 6. The molecule has 14 aromatic rings. The number of anilines is 6. The van der Waals surface area contributed by atoms with Crippen LogP contribution >= 0.6 is 0 Å². The van der Waals surface area contributed by atoms with Crippen molar-refractivity contribution >= 4 is 160 Å². The van der Waals surface area contributed by atoms with Crippen LogP contribution in [-0.2, 0) is 21.7 Å². The van der Waals surface area contributed by atoms with Gasteiger partial charge in [-0.2, -0.15) is 0 Å². The summed E-state index contributed by atoms with van der Waals surface area (Å²) >= 11 is 0. The minimum atomic E-state index is -0.440. The summed E-state index contributed by atoms with van der Waals surface area (Å²) < 4.78 is 0. The van der Waals surface area contributed by atoms with Gasteiger partial charge in [-0.05, 0) is 158 Å². The van der Waals surface area contributed by atoms with Gasteiger partial charge < -0.3 is 41.9 Å². The average molecular weight is 1130 g/mol. The monoisotopic (exact) mass is 1130 g/mol. The minimum Gasteiger partial charge on any atom is -0.351 e. The van der Waals surface area contributed by atoms with Gasteiger partial charge in [0.2, 0.25) is 0 Å². The van der Waals surface area contributed by atoms with Crippen molar-refractivity contribution in [2.24, 2.45) is 0 Å². The first-order valence-corrected chi connectivity index (χ1v) is 29.7. The van der Waals surface area contributed by atoms with Crippen LogP contribution in [0.25, 0.3) is 108 Å². The lowest BCUT2D eigenvalue weighted by Gasteiger charge is -2.22. The number of amides is 6. The van der Waals surface area contributed by atoms with E-state index in [2.05, 4.69) is 246 Å². The molecule has 0 atom stereocenters. The third kappa shape index (κ3) is 9.15. The Morgan fingerprint density at radius 2 is 0.500 bits per heavy atom. The minimum absolute atomic E-state index is 0.279. The summed E-state index contributed by atoms with van der Waals surface area (Å²) in [5.41, 5.74) is 9.66. The molecule has 14 rings (SSSR count). The normalized spacial score (nSPS) is 12.8. The molecular formula is C75H70N8O3. The van der Waals surface area contributed by atoms with Gasteiger partial charge in [0.1, 0.15) is 0 Å². The molecule has 0 saturated carbocycles. The van der Waals surface area contributed by atoms with Crippen molar-refractivity contribution in [1.29, 1.82) is 0 Å². The molecule has 11 heteroatoms. The van der Waals surface area contributed by atoms with Crippen molar-refractivity contribution in [2.45, 2.75) is 105 Å². The van der Waals surface area contributed by atoms with Crippen LogP contribution < -0.4 is 31.9 Å². The highest BCUT2D eigenvalue weighted by Gasteiger charge is 2.27. The van der Waals surface area contributed by atoms with Crippen LogP contribution in [0.5, 0.6) is 0 Å². The van der Waals surface area contributed by atoms with Gasteiger partial charge in [-0.1, -0.05) is 180 Å². The van der Waals surface area contributed by atoms with E-state index in [4.69, 9.17) is 0 Å². The third-order valence-electron chi connectivity index (χ3n) is 17.6. The highest BCUT2D eigenvalue weighted by molar-refractivity contribution is 6.28. The molecule has 0 aliphatic carbocycles. The van der Waals surface area contributed by atoms with Crippen LogP contribution in [0.15, 0.2) is 158 Å². The number of carbonyl (C=O) groups excluding carboxylic acids is 3. The smallest absolute Gasteiger partial charge is 0.323 e. The Balaban J connectivity index is 0.824. The van der Waals surface area contributed by atoms with E-state index < -0.39 is 6.03 Å². The molecular weight excluding hydrogens is 1060 g/mol. The van der Waals surface area contributed by atoms with E-state index in [0.717, 1.165) is 120 Å². The second-order valence-corrected chi connectivity index (χ2v) is 27.7. The van der Waals surface area contributed by atoms with E-state index in [1.807, 2.05) is 36.4 Å². The zero-order valence-corrected chi connectivity index (χ0v) is 50.7. The summed E-state index contributed by atoms with van der Waals surface area (Å²) in [6.07, 6.45) is 0. The van der Waals surface area contributed by atoms with Crippen LogP contribution in [-0.4, -0.2) is 28.1 Å². The number of H-pyrrole nitrogens is 2. The van der Waals surface area contributed by atoms with Gasteiger partial charge >= 0.3 is 18.1 Å². The molecule has 8 N–H and O–H groups in total. The van der Waals surface area contributed by atoms with Crippen LogP contribution in [0.4, 0.5) is 48.5 Å². The topological polar surface area (TPSA) is 155 Å². The van der Waals surface area contributed by atoms with E-state index in [-0.39, 0.29) is 33.7 Å². The molecule has 428 valence electrons. The molecule has 12 aromatic carbocycles. The molecule has 0 radical (unpaired) electrons. The molecule has 2 aromatic heterocycles. The number of hydrogen-bond donors (Lipinski definition) is 8. The second kappa shape index (κ2) is 19.1. The van der Waals surface area contributed by atoms with Gasteiger partial charge in [0.25, 0.3) is 0 Å². The van der Waals surface area contributed by atoms with Gasteiger partial charge in [-0.25, -0.2) is 14.4 Å². The predicted octanol–water partition coefficient (Wildman–Crippen LogP) is 20.9. The number of nitrogens with one attached hydrogen (secondary N) is 8. The lowest BCUT2D eigenvalue weighted by Crippen LogP contribution is -2.21. The van der Waals surface area contributed by atoms with Gasteiger partial charge in [0.05, 0.1) is 56.2 Å². The second-order valence-electron chi connectivity index (χ2n) is 27.7. The largest absolute Gasteiger partial charge is 0.351 e. The number of benzene rings is 12. The first kappa shape index (κ1) is 54.1. The first-order chi connectivity index (χ1) is 40.8. The lowest BCUT2D eigenvalue weighted by atomic mass is 9.84. The number of rotatable bonds is 6. The third-order valence-corrected chi connectivity index (χ3v) is 17.6. The Kier molecular flexibility index (Phi) is 12.0. The zero-order chi connectivity index (χ0) is 60.1. The Morgan fingerprint density at radius 3 is 0.767 bits per heavy atom. The van der Waals surface area contributed by atoms with Crippen LogP contribution in [0.3, 0.4) is 0 Å². The summed E-state index contributed by atoms with van der Waals surface area (Å²) in [6.45, 7) is 26.0. The molecule has 0 bridgehead atoms. The number of urea groups is 3. The fourth-order valence-corrected chi connectivity index (χ4v) is 12.8. The van der Waals surface area contributed by atoms with Crippen LogP contribution in [0.1, 0.15) is 105 Å². The SMILES string of the molecule is CC(C)(C)c1cc(NC(=O)Nc2ccc3ccc4cccc5ccc2c3c45)c2[nH]c3c(NC(=O)Nc4cc(C(C)(C)C)cc5c4[nH]c4c(NC(=O)Nc6ccc7ccc8cccc9ccc6c7c89)cc(C(C)(C)C)cc45)cc(C(C)(C)C)cc3c2c1. The molecule has 6 amide bonds. The summed E-state index contributed by atoms with van der Waals surface area (Å²) in [6, 6.07) is 53.5. The summed E-state index contributed by atoms with van der Waals surface area (Å²) in [7, 11) is 0. The van der Waals surface area contributed by atoms with E-state index in [1.165, 1.54) is 10.8 Å². The predicted molar refractivity (Wildman–Crippen MR) is 365 cm³/mol. The molecule has 0 fully saturated rings. The van der Waals surface area contributed by atoms with Crippen molar-refractivity contribution in [3.8, 4) is 0 Å². The fraction of sp³-hybridized carbons (Fsp3) is 0.213. The van der Waals surface area contributed by atoms with Crippen molar-refractivity contribution in [1.82, 2.24) is 9.97 Å². The quantitative estimate of drug-likeness (QED) is 0.0782. The Bertz CT molecular complexity index is 4820. The van der Waals surface area contributed by atoms with E-state index >= 15 is 0 Å². The van der Waals surface area contributed by atoms with E-state index in [9.17, 15) is 14.4 Å². The van der Waals surface area contributed by atoms with Gasteiger partial charge in [-0.15, -0.1) is 0 Å². The van der Waals surface area contributed by atoms with Crippen molar-refractivity contribution in [3.05, 3.63) is 180 Å². The van der Waals surface area contributed by atoms with Gasteiger partial charge in [0, 0.05) is 32.3 Å². The molecule has 0 spiro atoms. The molecule has 0 aliphatic rings. The zero-order valence-electron chi connectivity index (χ0n) is 50.7. The maximum absolute atomic E-state index is 15.0. The van der Waals surface area contributed by atoms with Gasteiger partial charge in [-0.3, -0.25) is 0 Å². The Labute approximate surface area is 499 Å². The highest BCUT2D eigenvalue weighted by Crippen LogP contribution is 2.45. The van der Waals surface area contributed by atoms with E-state index in [0.29, 0.717) is 34.1 Å². The Morgan fingerprint density at radius 1 is 0.267 bits per heavy atom. The molecule has 11 nitrogen and oxygen atoms in total. The van der Waals surface area contributed by atoms with Crippen LogP contribution in [0, 0.1) is 0 Å². The Hall–Kier alpha value is -9.87. The molecule has 0 unspecified atom stereocenters. The van der Waals surface area contributed by atoms with Crippen LogP contribution in [0.2, 0.25) is 0 Å². The van der Waals surface area contributed by atoms with E-state index in [1.54, 1.807) is 0 Å². The van der Waals surface area contributed by atoms with Crippen molar-refractivity contribution in [2.75, 3.05) is 31.9 Å². The first-order valence-electron chi connectivity index (χ1n) is 29.7. The van der Waals surface area contributed by atoms with Crippen molar-refractivity contribution < 1.29 is 14.4 Å². The maximum atomic E-state index is 15.0. The highest BCUT2D eigenvalue weighted by atomic mass is 16.2. The number of carbonyl (C=O) groups is 3. The fourth-order valence-electron chi connectivity index (χ4n) is 12.8. The lowest BCUT2D eigenvalue weighted by molar-refractivity contribution is 0.261. The molecule has 2 heterocycles. The standard InChI is InChI=1S/C75H70N8O3/c1-72(2,3)45-31-51-53-33-47(74(7,8)9)37-59(67(53)82-65(51)57(35-45)78-69(84)76-55-29-25-43-21-19-39-15-13-17-41-23-27-49(55)63(43)61(39)41)80-71(86)81-60-38-48(75(10,11)12)34-54-52-32-46(73(4,5)6)36-58(66(52)83-68(54)60)79-70(85)77-56-30-26-44-22-20-40-16-14-18-42-24-28-50(56)64(44)62(40)42/h13-38,82-83H,1-12H3,(H2,76,78,84)(H2,77,79,85)(H2,80,81,86). The van der Waals surface area contributed by atoms with Crippen molar-refractivity contribution in [3.63, 3.8) is 0 Å². The maximum Gasteiger partial charge on any atom is 0.323 e. The summed E-state index contributed by atoms with van der Waals surface area (Å²) in [5, 5.41) is 36.6. The molecule has 0 aliphatic heterocycles. The number of hydrogen-bond acceptors (Lipinski definition) is 3. The molecule has 0 saturated heterocycles. The average Bonchev–Trinajstić information content (AvgIpc) is 1.25. The number of aromatic amines is 2. The number of aromatic nitrogens is 2.